The van der Waals surface area contributed by atoms with Crippen LogP contribution in [0.25, 0.3) is 10.8 Å². The number of carbonyl (C=O) groups is 1. The number of rotatable bonds is 5. The molecule has 0 unspecified atom stereocenters. The summed E-state index contributed by atoms with van der Waals surface area (Å²) in [5.41, 5.74) is 1.08. The number of benzene rings is 2. The number of aromatic nitrogens is 1. The second kappa shape index (κ2) is 8.35. The zero-order valence-corrected chi connectivity index (χ0v) is 17.0. The standard InChI is InChI=1S/C21H20Cl2N2O3/c1-12(11-26)25-9-8-15-16(21(25)28)4-3-5-19(15)24-20(27)13(2)14-6-7-17(22)18(23)10-14/h3-10,12-13,26H,11H2,1-2H3,(H,24,27)/t12-,13-/m1/s1. The number of nitrogens with zero attached hydrogens (tertiary/aromatic N) is 1. The van der Waals surface area contributed by atoms with Crippen molar-refractivity contribution in [2.45, 2.75) is 25.8 Å². The fourth-order valence-corrected chi connectivity index (χ4v) is 3.32. The lowest BCUT2D eigenvalue weighted by Gasteiger charge is -2.16. The second-order valence-corrected chi connectivity index (χ2v) is 7.53. The minimum atomic E-state index is -0.459. The van der Waals surface area contributed by atoms with E-state index in [2.05, 4.69) is 5.32 Å². The Hall–Kier alpha value is -2.34. The summed E-state index contributed by atoms with van der Waals surface area (Å²) in [6.45, 7) is 3.40. The van der Waals surface area contributed by atoms with Crippen molar-refractivity contribution in [1.82, 2.24) is 4.57 Å². The van der Waals surface area contributed by atoms with Crippen molar-refractivity contribution >= 4 is 45.6 Å². The molecule has 3 aromatic rings. The van der Waals surface area contributed by atoms with Gasteiger partial charge in [0.25, 0.3) is 5.56 Å². The van der Waals surface area contributed by atoms with Crippen LogP contribution in [-0.2, 0) is 4.79 Å². The van der Waals surface area contributed by atoms with Crippen LogP contribution in [0.1, 0.15) is 31.4 Å². The number of halogens is 2. The van der Waals surface area contributed by atoms with E-state index < -0.39 is 5.92 Å². The topological polar surface area (TPSA) is 71.3 Å². The normalized spacial score (nSPS) is 13.3. The molecule has 2 aromatic carbocycles. The SMILES string of the molecule is C[C@H](CO)n1ccc2c(NC(=O)[C@H](C)c3ccc(Cl)c(Cl)c3)cccc2c1=O. The first-order valence-electron chi connectivity index (χ1n) is 8.84. The van der Waals surface area contributed by atoms with E-state index in [-0.39, 0.29) is 24.1 Å². The summed E-state index contributed by atoms with van der Waals surface area (Å²) in [5, 5.41) is 14.2. The molecule has 0 radical (unpaired) electrons. The van der Waals surface area contributed by atoms with Gasteiger partial charge in [-0.15, -0.1) is 0 Å². The van der Waals surface area contributed by atoms with E-state index in [1.165, 1.54) is 4.57 Å². The van der Waals surface area contributed by atoms with Crippen molar-refractivity contribution in [3.8, 4) is 0 Å². The number of amides is 1. The van der Waals surface area contributed by atoms with E-state index >= 15 is 0 Å². The minimum Gasteiger partial charge on any atom is -0.394 e. The largest absolute Gasteiger partial charge is 0.394 e. The Balaban J connectivity index is 1.93. The zero-order chi connectivity index (χ0) is 20.4. The number of nitrogens with one attached hydrogen (secondary N) is 1. The molecule has 0 aliphatic heterocycles. The van der Waals surface area contributed by atoms with Crippen LogP contribution >= 0.6 is 23.2 Å². The van der Waals surface area contributed by atoms with Gasteiger partial charge in [-0.1, -0.05) is 35.3 Å². The Morgan fingerprint density at radius 2 is 1.86 bits per heavy atom. The van der Waals surface area contributed by atoms with Crippen LogP contribution in [0.3, 0.4) is 0 Å². The van der Waals surface area contributed by atoms with Gasteiger partial charge >= 0.3 is 0 Å². The van der Waals surface area contributed by atoms with Crippen LogP contribution in [0.5, 0.6) is 0 Å². The van der Waals surface area contributed by atoms with Gasteiger partial charge in [0.15, 0.2) is 0 Å². The summed E-state index contributed by atoms with van der Waals surface area (Å²) in [6, 6.07) is 11.7. The van der Waals surface area contributed by atoms with E-state index in [1.807, 2.05) is 0 Å². The first-order chi connectivity index (χ1) is 13.3. The van der Waals surface area contributed by atoms with E-state index in [1.54, 1.807) is 62.5 Å². The van der Waals surface area contributed by atoms with Gasteiger partial charge < -0.3 is 15.0 Å². The van der Waals surface area contributed by atoms with E-state index in [0.29, 0.717) is 26.5 Å². The van der Waals surface area contributed by atoms with Crippen molar-refractivity contribution in [2.75, 3.05) is 11.9 Å². The van der Waals surface area contributed by atoms with Crippen LogP contribution in [0.4, 0.5) is 5.69 Å². The zero-order valence-electron chi connectivity index (χ0n) is 15.4. The van der Waals surface area contributed by atoms with Gasteiger partial charge in [0, 0.05) is 22.7 Å². The third-order valence-electron chi connectivity index (χ3n) is 4.81. The van der Waals surface area contributed by atoms with Crippen molar-refractivity contribution in [3.05, 3.63) is 74.6 Å². The molecule has 0 aliphatic carbocycles. The Bertz CT molecular complexity index is 1090. The summed E-state index contributed by atoms with van der Waals surface area (Å²) in [4.78, 5) is 25.5. The van der Waals surface area contributed by atoms with Gasteiger partial charge in [0.2, 0.25) is 5.91 Å². The highest BCUT2D eigenvalue weighted by atomic mass is 35.5. The van der Waals surface area contributed by atoms with Gasteiger partial charge in [-0.05, 0) is 49.7 Å². The third kappa shape index (κ3) is 3.92. The summed E-state index contributed by atoms with van der Waals surface area (Å²) < 4.78 is 1.48. The van der Waals surface area contributed by atoms with Crippen LogP contribution < -0.4 is 10.9 Å². The molecule has 0 bridgehead atoms. The maximum atomic E-state index is 12.8. The van der Waals surface area contributed by atoms with Gasteiger partial charge in [-0.3, -0.25) is 9.59 Å². The number of pyridine rings is 1. The maximum absolute atomic E-state index is 12.8. The number of carbonyl (C=O) groups excluding carboxylic acids is 1. The molecule has 7 heteroatoms. The smallest absolute Gasteiger partial charge is 0.258 e. The Morgan fingerprint density at radius 1 is 1.11 bits per heavy atom. The van der Waals surface area contributed by atoms with Gasteiger partial charge in [0.1, 0.15) is 0 Å². The third-order valence-corrected chi connectivity index (χ3v) is 5.55. The van der Waals surface area contributed by atoms with Crippen molar-refractivity contribution in [3.63, 3.8) is 0 Å². The van der Waals surface area contributed by atoms with Crippen molar-refractivity contribution < 1.29 is 9.90 Å². The molecule has 3 rings (SSSR count). The fourth-order valence-electron chi connectivity index (χ4n) is 3.01. The van der Waals surface area contributed by atoms with Gasteiger partial charge in [-0.25, -0.2) is 0 Å². The number of fused-ring (bicyclic) bond motifs is 1. The predicted octanol–water partition coefficient (Wildman–Crippen LogP) is 4.60. The molecular weight excluding hydrogens is 399 g/mol. The van der Waals surface area contributed by atoms with Crippen LogP contribution in [-0.4, -0.2) is 22.2 Å². The lowest BCUT2D eigenvalue weighted by Crippen LogP contribution is -2.25. The highest BCUT2D eigenvalue weighted by molar-refractivity contribution is 6.42. The number of aliphatic hydroxyl groups excluding tert-OH is 1. The van der Waals surface area contributed by atoms with Gasteiger partial charge in [-0.2, -0.15) is 0 Å². The van der Waals surface area contributed by atoms with Crippen LogP contribution in [0.15, 0.2) is 53.5 Å². The highest BCUT2D eigenvalue weighted by Crippen LogP contribution is 2.28. The molecular formula is C21H20Cl2N2O3. The summed E-state index contributed by atoms with van der Waals surface area (Å²) in [6.07, 6.45) is 1.63. The molecule has 0 fully saturated rings. The molecule has 0 spiro atoms. The average Bonchev–Trinajstić information content (AvgIpc) is 2.69. The Kier molecular flexibility index (Phi) is 6.08. The van der Waals surface area contributed by atoms with Crippen LogP contribution in [0.2, 0.25) is 10.0 Å². The first kappa shape index (κ1) is 20.4. The number of anilines is 1. The molecule has 0 saturated carbocycles. The molecule has 28 heavy (non-hydrogen) atoms. The van der Waals surface area contributed by atoms with Crippen molar-refractivity contribution in [2.24, 2.45) is 0 Å². The molecule has 2 atom stereocenters. The predicted molar refractivity (Wildman–Crippen MR) is 114 cm³/mol. The second-order valence-electron chi connectivity index (χ2n) is 6.71. The summed E-state index contributed by atoms with van der Waals surface area (Å²) in [7, 11) is 0. The Labute approximate surface area is 172 Å². The molecule has 1 heterocycles. The minimum absolute atomic E-state index is 0.136. The number of aliphatic hydroxyl groups is 1. The molecule has 2 N–H and O–H groups in total. The molecule has 5 nitrogen and oxygen atoms in total. The molecule has 0 aliphatic rings. The van der Waals surface area contributed by atoms with E-state index in [0.717, 1.165) is 5.56 Å². The van der Waals surface area contributed by atoms with Crippen molar-refractivity contribution in [1.29, 1.82) is 0 Å². The van der Waals surface area contributed by atoms with Crippen LogP contribution in [0, 0.1) is 0 Å². The Morgan fingerprint density at radius 3 is 2.54 bits per heavy atom. The maximum Gasteiger partial charge on any atom is 0.258 e. The summed E-state index contributed by atoms with van der Waals surface area (Å²) >= 11 is 12.0. The molecule has 1 aromatic heterocycles. The monoisotopic (exact) mass is 418 g/mol. The number of hydrogen-bond donors (Lipinski definition) is 2. The lowest BCUT2D eigenvalue weighted by atomic mass is 10.00. The first-order valence-corrected chi connectivity index (χ1v) is 9.59. The molecule has 146 valence electrons. The highest BCUT2D eigenvalue weighted by Gasteiger charge is 2.18. The number of hydrogen-bond acceptors (Lipinski definition) is 3. The fraction of sp³-hybridized carbons (Fsp3) is 0.238. The quantitative estimate of drug-likeness (QED) is 0.635. The lowest BCUT2D eigenvalue weighted by molar-refractivity contribution is -0.117. The molecule has 1 amide bonds. The van der Waals surface area contributed by atoms with E-state index in [9.17, 15) is 14.7 Å². The average molecular weight is 419 g/mol. The van der Waals surface area contributed by atoms with E-state index in [4.69, 9.17) is 23.2 Å². The van der Waals surface area contributed by atoms with Gasteiger partial charge in [0.05, 0.1) is 28.6 Å². The summed E-state index contributed by atoms with van der Waals surface area (Å²) in [5.74, 6) is -0.682. The molecule has 0 saturated heterocycles.